The minimum atomic E-state index is -1.26. The maximum atomic E-state index is 13.9. The Labute approximate surface area is 246 Å². The van der Waals surface area contributed by atoms with Crippen LogP contribution >= 0.6 is 0 Å². The van der Waals surface area contributed by atoms with Gasteiger partial charge < -0.3 is 18.9 Å². The Hall–Kier alpha value is -3.49. The van der Waals surface area contributed by atoms with Gasteiger partial charge >= 0.3 is 23.9 Å². The smallest absolute Gasteiger partial charge is 0.338 e. The molecule has 0 aliphatic heterocycles. The lowest BCUT2D eigenvalue weighted by molar-refractivity contribution is -0.194. The topological polar surface area (TPSA) is 122 Å². The molecule has 9 atom stereocenters. The summed E-state index contributed by atoms with van der Waals surface area (Å²) in [5.74, 6) is -3.44. The van der Waals surface area contributed by atoms with Crippen LogP contribution in [0.3, 0.4) is 0 Å². The second-order valence-electron chi connectivity index (χ2n) is 13.2. The Morgan fingerprint density at radius 2 is 1.38 bits per heavy atom. The number of fused-ring (bicyclic) bond motifs is 1. The van der Waals surface area contributed by atoms with Gasteiger partial charge in [-0.15, -0.1) is 0 Å². The van der Waals surface area contributed by atoms with Crippen LogP contribution in [0.4, 0.5) is 0 Å². The molecular weight excluding hydrogens is 540 g/mol. The van der Waals surface area contributed by atoms with E-state index in [0.717, 1.165) is 0 Å². The highest BCUT2D eigenvalue weighted by molar-refractivity contribution is 5.90. The van der Waals surface area contributed by atoms with E-state index in [9.17, 15) is 24.0 Å². The first kappa shape index (κ1) is 30.0. The molecule has 2 bridgehead atoms. The Kier molecular flexibility index (Phi) is 6.98. The van der Waals surface area contributed by atoms with E-state index >= 15 is 0 Å². The number of Topliss-reactive ketones (excluding diaryl/α,β-unsaturated/α-hetero) is 1. The highest BCUT2D eigenvalue weighted by atomic mass is 16.6. The molecule has 9 heteroatoms. The van der Waals surface area contributed by atoms with Gasteiger partial charge in [0.2, 0.25) is 0 Å². The van der Waals surface area contributed by atoms with Crippen molar-refractivity contribution in [2.24, 2.45) is 33.5 Å². The zero-order chi connectivity index (χ0) is 31.0. The predicted octanol–water partition coefficient (Wildman–Crippen LogP) is 4.61. The molecule has 4 saturated carbocycles. The summed E-state index contributed by atoms with van der Waals surface area (Å²) in [5, 5.41) is 0. The van der Waals surface area contributed by atoms with Crippen molar-refractivity contribution in [2.75, 3.05) is 0 Å². The van der Waals surface area contributed by atoms with Crippen molar-refractivity contribution in [3.8, 4) is 0 Å². The SMILES string of the molecule is C=C1[C@@H](OC(=O)c2ccccc2)CC[C@@]2(C)[C@@H](OC(C)=O)[C@H](OC(C)=O)[C@@]34[C@H](C)C(=O)C[C@@H]([C@@H](OC(C)=O)[C@@]132)C4(C)C. The molecule has 0 heterocycles. The molecule has 0 radical (unpaired) electrons. The van der Waals surface area contributed by atoms with E-state index in [4.69, 9.17) is 18.9 Å². The van der Waals surface area contributed by atoms with E-state index in [2.05, 4.69) is 6.58 Å². The van der Waals surface area contributed by atoms with Gasteiger partial charge in [0.1, 0.15) is 30.2 Å². The molecule has 0 unspecified atom stereocenters. The first-order valence-electron chi connectivity index (χ1n) is 14.6. The van der Waals surface area contributed by atoms with E-state index in [1.807, 2.05) is 27.7 Å². The van der Waals surface area contributed by atoms with Crippen LogP contribution in [0.25, 0.3) is 0 Å². The molecule has 0 aromatic heterocycles. The van der Waals surface area contributed by atoms with Gasteiger partial charge in [0.05, 0.1) is 11.0 Å². The summed E-state index contributed by atoms with van der Waals surface area (Å²) in [6, 6.07) is 8.61. The predicted molar refractivity (Wildman–Crippen MR) is 150 cm³/mol. The van der Waals surface area contributed by atoms with Crippen molar-refractivity contribution in [2.45, 2.75) is 92.1 Å². The van der Waals surface area contributed by atoms with Gasteiger partial charge in [0.15, 0.2) is 0 Å². The lowest BCUT2D eigenvalue weighted by atomic mass is 9.42. The summed E-state index contributed by atoms with van der Waals surface area (Å²) in [4.78, 5) is 65.4. The molecule has 0 N–H and O–H groups in total. The number of esters is 4. The van der Waals surface area contributed by atoms with Crippen molar-refractivity contribution in [3.63, 3.8) is 0 Å². The van der Waals surface area contributed by atoms with Gasteiger partial charge in [-0.2, -0.15) is 0 Å². The fraction of sp³-hybridized carbons (Fsp3) is 0.606. The summed E-state index contributed by atoms with van der Waals surface area (Å²) in [6.45, 7) is 16.2. The van der Waals surface area contributed by atoms with Gasteiger partial charge in [-0.25, -0.2) is 4.79 Å². The summed E-state index contributed by atoms with van der Waals surface area (Å²) in [7, 11) is 0. The van der Waals surface area contributed by atoms with Crippen LogP contribution in [-0.2, 0) is 38.1 Å². The van der Waals surface area contributed by atoms with Crippen molar-refractivity contribution in [1.29, 1.82) is 0 Å². The molecule has 0 saturated heterocycles. The molecule has 1 aromatic rings. The van der Waals surface area contributed by atoms with Crippen molar-refractivity contribution in [1.82, 2.24) is 0 Å². The largest absolute Gasteiger partial charge is 0.461 e. The standard InChI is InChI=1S/C33H40O9/c1-17-24(37)16-23-26(39-19(3)34)33-18(2)25(42-29(38)22-12-10-9-11-13-22)14-15-31(33,8)27(40-20(4)35)28(41-21(5)36)32(17,33)30(23,6)7/h9-13,17,23,25-28H,2,14-16H2,1,3-8H3/t17-,23+,25+,26-,27+,28+,31+,32-,33-/m1/s1. The molecule has 226 valence electrons. The summed E-state index contributed by atoms with van der Waals surface area (Å²) in [6.07, 6.45) is -2.86. The molecule has 5 rings (SSSR count). The van der Waals surface area contributed by atoms with Crippen molar-refractivity contribution < 1.29 is 42.9 Å². The highest BCUT2D eigenvalue weighted by Crippen LogP contribution is 2.86. The molecule has 2 spiro atoms. The third-order valence-electron chi connectivity index (χ3n) is 11.2. The maximum Gasteiger partial charge on any atom is 0.338 e. The van der Waals surface area contributed by atoms with Crippen LogP contribution in [0.15, 0.2) is 42.5 Å². The van der Waals surface area contributed by atoms with E-state index in [0.29, 0.717) is 24.0 Å². The second-order valence-corrected chi connectivity index (χ2v) is 13.2. The van der Waals surface area contributed by atoms with Gasteiger partial charge in [-0.1, -0.05) is 52.5 Å². The highest BCUT2D eigenvalue weighted by Gasteiger charge is 2.92. The molecule has 1 aromatic carbocycles. The number of hydrogen-bond acceptors (Lipinski definition) is 9. The zero-order valence-electron chi connectivity index (χ0n) is 25.4. The van der Waals surface area contributed by atoms with Crippen molar-refractivity contribution in [3.05, 3.63) is 48.0 Å². The number of carbonyl (C=O) groups is 5. The Morgan fingerprint density at radius 1 is 0.833 bits per heavy atom. The van der Waals surface area contributed by atoms with Crippen LogP contribution in [0, 0.1) is 33.5 Å². The van der Waals surface area contributed by atoms with Gasteiger partial charge in [0.25, 0.3) is 0 Å². The van der Waals surface area contributed by atoms with Crippen LogP contribution in [0.2, 0.25) is 0 Å². The Morgan fingerprint density at radius 3 is 1.95 bits per heavy atom. The minimum absolute atomic E-state index is 0.0625. The van der Waals surface area contributed by atoms with Crippen LogP contribution in [0.5, 0.6) is 0 Å². The quantitative estimate of drug-likeness (QED) is 0.279. The van der Waals surface area contributed by atoms with Crippen molar-refractivity contribution >= 4 is 29.7 Å². The first-order valence-corrected chi connectivity index (χ1v) is 14.6. The Bertz CT molecular complexity index is 1360. The van der Waals surface area contributed by atoms with E-state index in [-0.39, 0.29) is 12.2 Å². The summed E-state index contributed by atoms with van der Waals surface area (Å²) >= 11 is 0. The number of ether oxygens (including phenoxy) is 4. The molecule has 0 amide bonds. The van der Waals surface area contributed by atoms with E-state index < -0.39 is 81.8 Å². The van der Waals surface area contributed by atoms with E-state index in [1.54, 1.807) is 30.3 Å². The van der Waals surface area contributed by atoms with Crippen LogP contribution < -0.4 is 0 Å². The van der Waals surface area contributed by atoms with Crippen LogP contribution in [0.1, 0.15) is 78.1 Å². The number of ketones is 1. The molecular formula is C33H40O9. The summed E-state index contributed by atoms with van der Waals surface area (Å²) in [5.41, 5.74) is -3.39. The monoisotopic (exact) mass is 580 g/mol. The van der Waals surface area contributed by atoms with E-state index in [1.165, 1.54) is 20.8 Å². The zero-order valence-corrected chi connectivity index (χ0v) is 25.4. The third-order valence-corrected chi connectivity index (χ3v) is 11.2. The number of carbonyl (C=O) groups excluding carboxylic acids is 5. The number of hydrogen-bond donors (Lipinski definition) is 0. The fourth-order valence-corrected chi connectivity index (χ4v) is 10.0. The third kappa shape index (κ3) is 3.57. The molecule has 42 heavy (non-hydrogen) atoms. The Balaban J connectivity index is 1.81. The maximum absolute atomic E-state index is 13.9. The molecule has 4 aliphatic carbocycles. The summed E-state index contributed by atoms with van der Waals surface area (Å²) < 4.78 is 24.6. The average Bonchev–Trinajstić information content (AvgIpc) is 3.15. The van der Waals surface area contributed by atoms with Gasteiger partial charge in [-0.3, -0.25) is 19.2 Å². The first-order chi connectivity index (χ1) is 19.6. The van der Waals surface area contributed by atoms with Gasteiger partial charge in [-0.05, 0) is 36.0 Å². The lowest BCUT2D eigenvalue weighted by Crippen LogP contribution is -2.63. The number of benzene rings is 1. The molecule has 9 nitrogen and oxygen atoms in total. The normalized spacial score (nSPS) is 39.5. The average molecular weight is 581 g/mol. The lowest BCUT2D eigenvalue weighted by Gasteiger charge is -2.60. The fourth-order valence-electron chi connectivity index (χ4n) is 10.0. The van der Waals surface area contributed by atoms with Crippen LogP contribution in [-0.4, -0.2) is 54.1 Å². The second kappa shape index (κ2) is 9.78. The minimum Gasteiger partial charge on any atom is -0.461 e. The molecule has 4 aliphatic rings. The van der Waals surface area contributed by atoms with Gasteiger partial charge in [0, 0.05) is 49.9 Å². The molecule has 4 fully saturated rings. The number of rotatable bonds is 5.